The molecule has 20 heavy (non-hydrogen) atoms. The highest BCUT2D eigenvalue weighted by Gasteiger charge is 2.28. The molecular weight excluding hydrogens is 364 g/mol. The Bertz CT molecular complexity index is 572. The first-order chi connectivity index (χ1) is 9.43. The Kier molecular flexibility index (Phi) is 5.48. The van der Waals surface area contributed by atoms with Gasteiger partial charge < -0.3 is 5.32 Å². The zero-order chi connectivity index (χ0) is 14.8. The molecule has 1 heterocycles. The predicted octanol–water partition coefficient (Wildman–Crippen LogP) is 2.87. The Hall–Kier alpha value is -0.140. The lowest BCUT2D eigenvalue weighted by Crippen LogP contribution is -2.37. The van der Waals surface area contributed by atoms with E-state index in [4.69, 9.17) is 11.6 Å². The Morgan fingerprint density at radius 3 is 2.80 bits per heavy atom. The van der Waals surface area contributed by atoms with Crippen LogP contribution in [0.25, 0.3) is 0 Å². The van der Waals surface area contributed by atoms with Crippen molar-refractivity contribution in [1.29, 1.82) is 0 Å². The van der Waals surface area contributed by atoms with E-state index >= 15 is 0 Å². The van der Waals surface area contributed by atoms with Crippen molar-refractivity contribution in [3.63, 3.8) is 0 Å². The van der Waals surface area contributed by atoms with Gasteiger partial charge in [-0.1, -0.05) is 11.6 Å². The summed E-state index contributed by atoms with van der Waals surface area (Å²) in [6.07, 6.45) is 2.72. The fraction of sp³-hybridized carbons (Fsp3) is 0.538. The second kappa shape index (κ2) is 6.75. The monoisotopic (exact) mass is 380 g/mol. The third kappa shape index (κ3) is 3.54. The van der Waals surface area contributed by atoms with E-state index < -0.39 is 10.0 Å². The van der Waals surface area contributed by atoms with Crippen LogP contribution in [0.2, 0.25) is 5.02 Å². The summed E-state index contributed by atoms with van der Waals surface area (Å²) in [5.74, 6) is 0. The second-order valence-electron chi connectivity index (χ2n) is 4.93. The fourth-order valence-electron chi connectivity index (χ4n) is 2.36. The van der Waals surface area contributed by atoms with Gasteiger partial charge in [0.1, 0.15) is 0 Å². The van der Waals surface area contributed by atoms with Crippen LogP contribution in [-0.4, -0.2) is 38.9 Å². The third-order valence-corrected chi connectivity index (χ3v) is 6.75. The van der Waals surface area contributed by atoms with Gasteiger partial charge in [-0.15, -0.1) is 0 Å². The van der Waals surface area contributed by atoms with Crippen LogP contribution in [0.3, 0.4) is 0 Å². The largest absolute Gasteiger partial charge is 0.317 e. The summed E-state index contributed by atoms with van der Waals surface area (Å²) in [4.78, 5) is 0.272. The van der Waals surface area contributed by atoms with Crippen molar-refractivity contribution in [3.8, 4) is 0 Å². The quantitative estimate of drug-likeness (QED) is 0.876. The average Bonchev–Trinajstić information content (AvgIpc) is 2.69. The summed E-state index contributed by atoms with van der Waals surface area (Å²) in [6, 6.07) is 4.75. The molecule has 1 fully saturated rings. The zero-order valence-corrected chi connectivity index (χ0v) is 14.4. The van der Waals surface area contributed by atoms with Crippen molar-refractivity contribution in [2.75, 3.05) is 20.1 Å². The molecular formula is C13H18BrClN2O2S. The van der Waals surface area contributed by atoms with Gasteiger partial charge >= 0.3 is 0 Å². The summed E-state index contributed by atoms with van der Waals surface area (Å²) in [7, 11) is -1.82. The molecule has 1 N–H and O–H groups in total. The van der Waals surface area contributed by atoms with Crippen molar-refractivity contribution in [1.82, 2.24) is 9.62 Å². The molecule has 0 aliphatic carbocycles. The average molecular weight is 382 g/mol. The third-order valence-electron chi connectivity index (χ3n) is 3.63. The molecule has 1 saturated heterocycles. The van der Waals surface area contributed by atoms with Gasteiger partial charge in [0.25, 0.3) is 0 Å². The van der Waals surface area contributed by atoms with Crippen molar-refractivity contribution >= 4 is 37.6 Å². The summed E-state index contributed by atoms with van der Waals surface area (Å²) >= 11 is 9.19. The number of nitrogens with one attached hydrogen (secondary N) is 1. The summed E-state index contributed by atoms with van der Waals surface area (Å²) in [5.41, 5.74) is 0. The van der Waals surface area contributed by atoms with Crippen LogP contribution in [0.1, 0.15) is 19.3 Å². The van der Waals surface area contributed by atoms with Gasteiger partial charge in [-0.05, 0) is 66.5 Å². The topological polar surface area (TPSA) is 49.4 Å². The van der Waals surface area contributed by atoms with Crippen LogP contribution in [0.4, 0.5) is 0 Å². The Morgan fingerprint density at radius 1 is 1.35 bits per heavy atom. The lowest BCUT2D eigenvalue weighted by Gasteiger charge is -2.26. The number of nitrogens with zero attached hydrogens (tertiary/aromatic N) is 1. The minimum Gasteiger partial charge on any atom is -0.317 e. The molecule has 0 spiro atoms. The first kappa shape index (κ1) is 16.2. The number of benzene rings is 1. The number of halogens is 2. The standard InChI is InChI=1S/C13H18BrClN2O2S/c1-17(10-3-2-7-16-8-6-10)20(18,19)11-4-5-13(15)12(14)9-11/h4-5,9-10,16H,2-3,6-8H2,1H3. The molecule has 0 bridgehead atoms. The molecule has 1 atom stereocenters. The molecule has 1 unspecified atom stereocenters. The normalized spacial score (nSPS) is 20.9. The summed E-state index contributed by atoms with van der Waals surface area (Å²) in [5, 5.41) is 3.80. The molecule has 4 nitrogen and oxygen atoms in total. The van der Waals surface area contributed by atoms with E-state index in [0.717, 1.165) is 32.4 Å². The Balaban J connectivity index is 2.26. The van der Waals surface area contributed by atoms with Gasteiger partial charge in [-0.25, -0.2) is 8.42 Å². The first-order valence-electron chi connectivity index (χ1n) is 6.57. The van der Waals surface area contributed by atoms with Crippen molar-refractivity contribution in [2.24, 2.45) is 0 Å². The van der Waals surface area contributed by atoms with Gasteiger partial charge in [0, 0.05) is 17.6 Å². The van der Waals surface area contributed by atoms with Crippen LogP contribution in [0.15, 0.2) is 27.6 Å². The lowest BCUT2D eigenvalue weighted by molar-refractivity contribution is 0.341. The highest BCUT2D eigenvalue weighted by atomic mass is 79.9. The lowest BCUT2D eigenvalue weighted by atomic mass is 10.1. The zero-order valence-electron chi connectivity index (χ0n) is 11.3. The maximum atomic E-state index is 12.6. The van der Waals surface area contributed by atoms with E-state index in [1.54, 1.807) is 25.2 Å². The second-order valence-corrected chi connectivity index (χ2v) is 8.19. The van der Waals surface area contributed by atoms with Crippen LogP contribution in [0, 0.1) is 0 Å². The number of hydrogen-bond donors (Lipinski definition) is 1. The van der Waals surface area contributed by atoms with Crippen LogP contribution in [-0.2, 0) is 10.0 Å². The van der Waals surface area contributed by atoms with Crippen molar-refractivity contribution in [3.05, 3.63) is 27.7 Å². The van der Waals surface area contributed by atoms with Crippen LogP contribution >= 0.6 is 27.5 Å². The summed E-state index contributed by atoms with van der Waals surface area (Å²) < 4.78 is 27.4. The molecule has 0 radical (unpaired) electrons. The number of rotatable bonds is 3. The smallest absolute Gasteiger partial charge is 0.243 e. The number of sulfonamides is 1. The fourth-order valence-corrected chi connectivity index (χ4v) is 4.45. The predicted molar refractivity (Wildman–Crippen MR) is 84.6 cm³/mol. The van der Waals surface area contributed by atoms with E-state index in [9.17, 15) is 8.42 Å². The highest BCUT2D eigenvalue weighted by Crippen LogP contribution is 2.28. The van der Waals surface area contributed by atoms with Crippen molar-refractivity contribution in [2.45, 2.75) is 30.2 Å². The molecule has 1 aromatic rings. The van der Waals surface area contributed by atoms with Gasteiger partial charge in [-0.3, -0.25) is 0 Å². The molecule has 0 amide bonds. The Morgan fingerprint density at radius 2 is 2.10 bits per heavy atom. The molecule has 112 valence electrons. The van der Waals surface area contributed by atoms with Gasteiger partial charge in [0.15, 0.2) is 0 Å². The molecule has 2 rings (SSSR count). The molecule has 7 heteroatoms. The molecule has 1 aliphatic heterocycles. The SMILES string of the molecule is CN(C1CCCNCC1)S(=O)(=O)c1ccc(Cl)c(Br)c1. The van der Waals surface area contributed by atoms with Gasteiger partial charge in [0.05, 0.1) is 9.92 Å². The maximum Gasteiger partial charge on any atom is 0.243 e. The van der Waals surface area contributed by atoms with E-state index in [1.807, 2.05) is 0 Å². The minimum atomic E-state index is -3.48. The first-order valence-corrected chi connectivity index (χ1v) is 9.18. The van der Waals surface area contributed by atoms with Gasteiger partial charge in [0.2, 0.25) is 10.0 Å². The van der Waals surface area contributed by atoms with E-state index in [2.05, 4.69) is 21.2 Å². The molecule has 1 aliphatic rings. The highest BCUT2D eigenvalue weighted by molar-refractivity contribution is 9.10. The minimum absolute atomic E-state index is 0.0458. The van der Waals surface area contributed by atoms with Crippen molar-refractivity contribution < 1.29 is 8.42 Å². The Labute approximate surface area is 133 Å². The van der Waals surface area contributed by atoms with E-state index in [1.165, 1.54) is 4.31 Å². The van der Waals surface area contributed by atoms with E-state index in [-0.39, 0.29) is 10.9 Å². The number of hydrogen-bond acceptors (Lipinski definition) is 3. The molecule has 1 aromatic carbocycles. The van der Waals surface area contributed by atoms with Crippen LogP contribution in [0.5, 0.6) is 0 Å². The summed E-state index contributed by atoms with van der Waals surface area (Å²) in [6.45, 7) is 1.81. The maximum absolute atomic E-state index is 12.6. The molecule has 0 aromatic heterocycles. The van der Waals surface area contributed by atoms with Gasteiger partial charge in [-0.2, -0.15) is 4.31 Å². The van der Waals surface area contributed by atoms with Crippen LogP contribution < -0.4 is 5.32 Å². The molecule has 0 saturated carbocycles. The van der Waals surface area contributed by atoms with E-state index in [0.29, 0.717) is 9.50 Å².